The Balaban J connectivity index is 2.70. The van der Waals surface area contributed by atoms with Gasteiger partial charge in [-0.25, -0.2) is 0 Å². The third kappa shape index (κ3) is 3.56. The van der Waals surface area contributed by atoms with Gasteiger partial charge >= 0.3 is 0 Å². The Morgan fingerprint density at radius 2 is 2.25 bits per heavy atom. The summed E-state index contributed by atoms with van der Waals surface area (Å²) in [7, 11) is 1.71. The number of hydrogen-bond acceptors (Lipinski definition) is 4. The molecule has 0 aliphatic rings. The molecule has 0 aliphatic heterocycles. The molecule has 0 radical (unpaired) electrons. The van der Waals surface area contributed by atoms with E-state index < -0.39 is 0 Å². The van der Waals surface area contributed by atoms with Gasteiger partial charge in [-0.2, -0.15) is 0 Å². The molecule has 1 atom stereocenters. The summed E-state index contributed by atoms with van der Waals surface area (Å²) in [4.78, 5) is 4.44. The Kier molecular flexibility index (Phi) is 5.38. The van der Waals surface area contributed by atoms with Crippen LogP contribution >= 0.6 is 0 Å². The number of aryl methyl sites for hydroxylation is 2. The second-order valence-corrected chi connectivity index (χ2v) is 4.07. The Bertz CT molecular complexity index is 328. The zero-order chi connectivity index (χ0) is 12.0. The Labute approximate surface area is 97.2 Å². The SMILES string of the molecule is COCCCC(NN)c1ncc(C)cc1C. The second-order valence-electron chi connectivity index (χ2n) is 4.07. The molecule has 0 saturated carbocycles. The van der Waals surface area contributed by atoms with E-state index in [1.54, 1.807) is 7.11 Å². The van der Waals surface area contributed by atoms with Crippen LogP contribution in [0.2, 0.25) is 0 Å². The first-order valence-electron chi connectivity index (χ1n) is 5.57. The summed E-state index contributed by atoms with van der Waals surface area (Å²) in [6.45, 7) is 4.86. The number of hydrogen-bond donors (Lipinski definition) is 2. The van der Waals surface area contributed by atoms with Gasteiger partial charge in [-0.05, 0) is 37.8 Å². The highest BCUT2D eigenvalue weighted by atomic mass is 16.5. The van der Waals surface area contributed by atoms with Crippen molar-refractivity contribution in [1.29, 1.82) is 0 Å². The fourth-order valence-electron chi connectivity index (χ4n) is 1.82. The topological polar surface area (TPSA) is 60.2 Å². The number of nitrogens with one attached hydrogen (secondary N) is 1. The summed E-state index contributed by atoms with van der Waals surface area (Å²) in [5.74, 6) is 5.56. The van der Waals surface area contributed by atoms with Crippen LogP contribution in [-0.4, -0.2) is 18.7 Å². The molecule has 1 aromatic heterocycles. The molecular formula is C12H21N3O. The van der Waals surface area contributed by atoms with Crippen LogP contribution in [0.5, 0.6) is 0 Å². The predicted molar refractivity (Wildman–Crippen MR) is 64.9 cm³/mol. The Morgan fingerprint density at radius 3 is 2.81 bits per heavy atom. The summed E-state index contributed by atoms with van der Waals surface area (Å²) in [6, 6.07) is 2.24. The lowest BCUT2D eigenvalue weighted by Crippen LogP contribution is -2.29. The maximum atomic E-state index is 5.56. The number of nitrogens with two attached hydrogens (primary N) is 1. The number of rotatable bonds is 6. The first-order chi connectivity index (χ1) is 7.69. The van der Waals surface area contributed by atoms with E-state index in [9.17, 15) is 0 Å². The van der Waals surface area contributed by atoms with Crippen LogP contribution in [-0.2, 0) is 4.74 Å². The van der Waals surface area contributed by atoms with Crippen LogP contribution in [0.25, 0.3) is 0 Å². The van der Waals surface area contributed by atoms with Crippen LogP contribution < -0.4 is 11.3 Å². The Hall–Kier alpha value is -0.970. The van der Waals surface area contributed by atoms with Gasteiger partial charge < -0.3 is 4.74 Å². The van der Waals surface area contributed by atoms with Gasteiger partial charge in [0.1, 0.15) is 0 Å². The van der Waals surface area contributed by atoms with Crippen molar-refractivity contribution >= 4 is 0 Å². The molecule has 0 amide bonds. The summed E-state index contributed by atoms with van der Waals surface area (Å²) in [6.07, 6.45) is 3.78. The number of hydrazine groups is 1. The molecule has 3 N–H and O–H groups in total. The number of pyridine rings is 1. The van der Waals surface area contributed by atoms with Gasteiger partial charge in [0, 0.05) is 19.9 Å². The van der Waals surface area contributed by atoms with Crippen molar-refractivity contribution in [2.45, 2.75) is 32.7 Å². The van der Waals surface area contributed by atoms with E-state index in [4.69, 9.17) is 10.6 Å². The smallest absolute Gasteiger partial charge is 0.0635 e. The van der Waals surface area contributed by atoms with Crippen molar-refractivity contribution in [3.05, 3.63) is 29.1 Å². The molecule has 1 heterocycles. The molecule has 16 heavy (non-hydrogen) atoms. The van der Waals surface area contributed by atoms with E-state index in [2.05, 4.69) is 23.4 Å². The monoisotopic (exact) mass is 223 g/mol. The highest BCUT2D eigenvalue weighted by molar-refractivity contribution is 5.25. The van der Waals surface area contributed by atoms with Crippen molar-refractivity contribution in [3.8, 4) is 0 Å². The van der Waals surface area contributed by atoms with E-state index in [-0.39, 0.29) is 6.04 Å². The number of ether oxygens (including phenoxy) is 1. The summed E-state index contributed by atoms with van der Waals surface area (Å²) in [5.41, 5.74) is 6.21. The minimum Gasteiger partial charge on any atom is -0.385 e. The molecule has 90 valence electrons. The first-order valence-corrected chi connectivity index (χ1v) is 5.57. The van der Waals surface area contributed by atoms with Gasteiger partial charge in [0.25, 0.3) is 0 Å². The average molecular weight is 223 g/mol. The van der Waals surface area contributed by atoms with Gasteiger partial charge in [-0.15, -0.1) is 0 Å². The number of aromatic nitrogens is 1. The highest BCUT2D eigenvalue weighted by Crippen LogP contribution is 2.19. The second kappa shape index (κ2) is 6.58. The van der Waals surface area contributed by atoms with Crippen molar-refractivity contribution in [2.24, 2.45) is 5.84 Å². The largest absolute Gasteiger partial charge is 0.385 e. The maximum absolute atomic E-state index is 5.56. The number of methoxy groups -OCH3 is 1. The van der Waals surface area contributed by atoms with Gasteiger partial charge in [0.15, 0.2) is 0 Å². The highest BCUT2D eigenvalue weighted by Gasteiger charge is 2.13. The fourth-order valence-corrected chi connectivity index (χ4v) is 1.82. The zero-order valence-corrected chi connectivity index (χ0v) is 10.3. The lowest BCUT2D eigenvalue weighted by molar-refractivity contribution is 0.188. The zero-order valence-electron chi connectivity index (χ0n) is 10.3. The molecule has 0 fully saturated rings. The van der Waals surface area contributed by atoms with E-state index in [1.807, 2.05) is 13.1 Å². The average Bonchev–Trinajstić information content (AvgIpc) is 2.26. The van der Waals surface area contributed by atoms with Crippen LogP contribution in [0, 0.1) is 13.8 Å². The Morgan fingerprint density at radius 1 is 1.50 bits per heavy atom. The van der Waals surface area contributed by atoms with E-state index >= 15 is 0 Å². The molecule has 0 aliphatic carbocycles. The number of nitrogens with zero attached hydrogens (tertiary/aromatic N) is 1. The molecule has 4 heteroatoms. The molecule has 0 spiro atoms. The van der Waals surface area contributed by atoms with Crippen LogP contribution in [0.15, 0.2) is 12.3 Å². The summed E-state index contributed by atoms with van der Waals surface area (Å²) < 4.78 is 5.03. The standard InChI is InChI=1S/C12H21N3O/c1-9-7-10(2)12(14-8-9)11(15-13)5-4-6-16-3/h7-8,11,15H,4-6,13H2,1-3H3. The maximum Gasteiger partial charge on any atom is 0.0635 e. The van der Waals surface area contributed by atoms with Crippen LogP contribution in [0.4, 0.5) is 0 Å². The predicted octanol–water partition coefficient (Wildman–Crippen LogP) is 1.63. The lowest BCUT2D eigenvalue weighted by atomic mass is 10.0. The molecule has 1 unspecified atom stereocenters. The fraction of sp³-hybridized carbons (Fsp3) is 0.583. The molecule has 1 aromatic rings. The van der Waals surface area contributed by atoms with E-state index in [0.29, 0.717) is 0 Å². The van der Waals surface area contributed by atoms with Gasteiger partial charge in [0.05, 0.1) is 11.7 Å². The molecule has 1 rings (SSSR count). The lowest BCUT2D eigenvalue weighted by Gasteiger charge is -2.17. The van der Waals surface area contributed by atoms with Crippen LogP contribution in [0.1, 0.15) is 35.7 Å². The summed E-state index contributed by atoms with van der Waals surface area (Å²) in [5, 5.41) is 0. The van der Waals surface area contributed by atoms with E-state index in [0.717, 1.165) is 25.1 Å². The van der Waals surface area contributed by atoms with Crippen molar-refractivity contribution < 1.29 is 4.74 Å². The third-order valence-electron chi connectivity index (χ3n) is 2.63. The quantitative estimate of drug-likeness (QED) is 0.437. The normalized spacial score (nSPS) is 12.8. The van der Waals surface area contributed by atoms with Gasteiger partial charge in [-0.3, -0.25) is 16.3 Å². The van der Waals surface area contributed by atoms with Gasteiger partial charge in [-0.1, -0.05) is 6.07 Å². The first kappa shape index (κ1) is 13.1. The minimum atomic E-state index is 0.107. The third-order valence-corrected chi connectivity index (χ3v) is 2.63. The van der Waals surface area contributed by atoms with Crippen molar-refractivity contribution in [3.63, 3.8) is 0 Å². The van der Waals surface area contributed by atoms with Crippen molar-refractivity contribution in [2.75, 3.05) is 13.7 Å². The molecule has 4 nitrogen and oxygen atoms in total. The summed E-state index contributed by atoms with van der Waals surface area (Å²) >= 11 is 0. The minimum absolute atomic E-state index is 0.107. The van der Waals surface area contributed by atoms with Crippen molar-refractivity contribution in [1.82, 2.24) is 10.4 Å². The van der Waals surface area contributed by atoms with Gasteiger partial charge in [0.2, 0.25) is 0 Å². The van der Waals surface area contributed by atoms with E-state index in [1.165, 1.54) is 11.1 Å². The van der Waals surface area contributed by atoms with Crippen LogP contribution in [0.3, 0.4) is 0 Å². The molecule has 0 aromatic carbocycles. The molecule has 0 saturated heterocycles. The molecule has 0 bridgehead atoms. The molecular weight excluding hydrogens is 202 g/mol.